The number of aromatic nitrogens is 2. The lowest BCUT2D eigenvalue weighted by Crippen LogP contribution is -2.14. The molecule has 6 heteroatoms. The van der Waals surface area contributed by atoms with Crippen LogP contribution < -0.4 is 0 Å². The van der Waals surface area contributed by atoms with Gasteiger partial charge in [-0.15, -0.1) is 5.10 Å². The van der Waals surface area contributed by atoms with Crippen molar-refractivity contribution in [1.82, 2.24) is 9.19 Å². The number of para-hydroxylation sites is 1. The lowest BCUT2D eigenvalue weighted by atomic mass is 10.1. The molecule has 0 radical (unpaired) electrons. The normalized spacial score (nSPS) is 12.4. The first kappa shape index (κ1) is 14.6. The van der Waals surface area contributed by atoms with E-state index in [9.17, 15) is 9.35 Å². The van der Waals surface area contributed by atoms with E-state index >= 15 is 0 Å². The minimum absolute atomic E-state index is 0.00101. The molecule has 1 aromatic heterocycles. The van der Waals surface area contributed by atoms with Gasteiger partial charge in [0.25, 0.3) is 0 Å². The van der Waals surface area contributed by atoms with Crippen LogP contribution in [0.25, 0.3) is 10.9 Å². The minimum atomic E-state index is -1.46. The number of hydrogen-bond donors (Lipinski definition) is 1. The highest BCUT2D eigenvalue weighted by atomic mass is 32.2. The molecule has 0 amide bonds. The Kier molecular flexibility index (Phi) is 4.13. The molecule has 0 saturated heterocycles. The average molecular weight is 314 g/mol. The highest BCUT2D eigenvalue weighted by molar-refractivity contribution is 7.90. The van der Waals surface area contributed by atoms with Crippen LogP contribution in [0.1, 0.15) is 12.1 Å². The first-order valence-corrected chi connectivity index (χ1v) is 7.93. The summed E-state index contributed by atoms with van der Waals surface area (Å²) in [6.45, 7) is 0. The number of fused-ring (bicyclic) bond motifs is 1. The van der Waals surface area contributed by atoms with Gasteiger partial charge in [-0.1, -0.05) is 40.5 Å². The smallest absolute Gasteiger partial charge is 0.303 e. The monoisotopic (exact) mass is 314 g/mol. The van der Waals surface area contributed by atoms with Gasteiger partial charge in [0.15, 0.2) is 4.90 Å². The molecule has 1 unspecified atom stereocenters. The van der Waals surface area contributed by atoms with Gasteiger partial charge in [0.05, 0.1) is 12.1 Å². The number of aryl methyl sites for hydroxylation is 1. The van der Waals surface area contributed by atoms with Gasteiger partial charge in [0, 0.05) is 11.8 Å². The topological polar surface area (TPSA) is 78.2 Å². The van der Waals surface area contributed by atoms with Crippen molar-refractivity contribution in [1.29, 1.82) is 0 Å². The quantitative estimate of drug-likeness (QED) is 0.734. The molecule has 0 aliphatic heterocycles. The molecule has 3 rings (SSSR count). The third-order valence-corrected chi connectivity index (χ3v) is 4.58. The molecule has 1 heterocycles. The van der Waals surface area contributed by atoms with Crippen molar-refractivity contribution in [3.63, 3.8) is 0 Å². The molecule has 0 aliphatic rings. The number of carboxylic acids is 1. The third-order valence-electron chi connectivity index (χ3n) is 3.31. The van der Waals surface area contributed by atoms with Crippen molar-refractivity contribution < 1.29 is 14.5 Å². The molecule has 22 heavy (non-hydrogen) atoms. The van der Waals surface area contributed by atoms with Crippen molar-refractivity contribution in [2.45, 2.75) is 17.7 Å². The molecule has 0 spiro atoms. The zero-order valence-corrected chi connectivity index (χ0v) is 12.5. The van der Waals surface area contributed by atoms with Gasteiger partial charge in [-0.3, -0.25) is 4.79 Å². The molecule has 1 N–H and O–H groups in total. The number of nitrogens with zero attached hydrogens (tertiary/aromatic N) is 2. The highest BCUT2D eigenvalue weighted by Gasteiger charge is 2.21. The molecular formula is C16H14N2O3S. The summed E-state index contributed by atoms with van der Waals surface area (Å²) in [6, 6.07) is 16.5. The van der Waals surface area contributed by atoms with Gasteiger partial charge in [-0.2, -0.15) is 0 Å². The van der Waals surface area contributed by atoms with Crippen LogP contribution in [0, 0.1) is 0 Å². The Hall–Kier alpha value is -2.31. The van der Waals surface area contributed by atoms with Crippen molar-refractivity contribution in [3.05, 3.63) is 60.3 Å². The Balaban J connectivity index is 2.04. The van der Waals surface area contributed by atoms with E-state index in [-0.39, 0.29) is 6.42 Å². The lowest BCUT2D eigenvalue weighted by molar-refractivity contribution is -0.136. The fourth-order valence-corrected chi connectivity index (χ4v) is 3.38. The zero-order chi connectivity index (χ0) is 15.5. The molecule has 0 saturated carbocycles. The van der Waals surface area contributed by atoms with Gasteiger partial charge in [-0.05, 0) is 18.2 Å². The summed E-state index contributed by atoms with van der Waals surface area (Å²) in [5.41, 5.74) is 1.40. The Morgan fingerprint density at radius 3 is 2.55 bits per heavy atom. The van der Waals surface area contributed by atoms with Gasteiger partial charge < -0.3 is 9.66 Å². The number of carboxylic acid groups (broad SMARTS) is 1. The van der Waals surface area contributed by atoms with Crippen LogP contribution in [0.15, 0.2) is 59.5 Å². The minimum Gasteiger partial charge on any atom is -0.586 e. The molecule has 0 bridgehead atoms. The molecule has 0 fully saturated rings. The molecule has 1 atom stereocenters. The van der Waals surface area contributed by atoms with E-state index in [2.05, 4.69) is 5.10 Å². The largest absolute Gasteiger partial charge is 0.586 e. The maximum absolute atomic E-state index is 12.7. The predicted molar refractivity (Wildman–Crippen MR) is 83.9 cm³/mol. The maximum Gasteiger partial charge on any atom is 0.303 e. The van der Waals surface area contributed by atoms with Crippen LogP contribution in [0.5, 0.6) is 0 Å². The van der Waals surface area contributed by atoms with Crippen molar-refractivity contribution >= 4 is 28.2 Å². The Bertz CT molecular complexity index is 802. The molecule has 112 valence electrons. The molecule has 2 aromatic carbocycles. The fourth-order valence-electron chi connectivity index (χ4n) is 2.28. The summed E-state index contributed by atoms with van der Waals surface area (Å²) in [5.74, 6) is -0.872. The maximum atomic E-state index is 12.7. The van der Waals surface area contributed by atoms with Crippen LogP contribution in [0.4, 0.5) is 0 Å². The summed E-state index contributed by atoms with van der Waals surface area (Å²) in [4.78, 5) is 11.4. The van der Waals surface area contributed by atoms with Crippen molar-refractivity contribution in [2.75, 3.05) is 0 Å². The number of aliphatic carboxylic acids is 1. The summed E-state index contributed by atoms with van der Waals surface area (Å²) in [5, 5.41) is 14.1. The van der Waals surface area contributed by atoms with Crippen LogP contribution in [-0.4, -0.2) is 24.8 Å². The van der Waals surface area contributed by atoms with Crippen molar-refractivity contribution in [2.24, 2.45) is 0 Å². The molecular weight excluding hydrogens is 300 g/mol. The summed E-state index contributed by atoms with van der Waals surface area (Å²) < 4.78 is 14.2. The number of rotatable bonds is 5. The van der Waals surface area contributed by atoms with Gasteiger partial charge in [-0.25, -0.2) is 0 Å². The lowest BCUT2D eigenvalue weighted by Gasteiger charge is -2.09. The van der Waals surface area contributed by atoms with E-state index in [1.54, 1.807) is 12.1 Å². The molecule has 5 nitrogen and oxygen atoms in total. The number of benzene rings is 2. The van der Waals surface area contributed by atoms with Crippen LogP contribution in [0.3, 0.4) is 0 Å². The van der Waals surface area contributed by atoms with Crippen molar-refractivity contribution in [3.8, 4) is 0 Å². The fraction of sp³-hybridized carbons (Fsp3) is 0.125. The Morgan fingerprint density at radius 2 is 1.82 bits per heavy atom. The predicted octanol–water partition coefficient (Wildman–Crippen LogP) is 2.62. The first-order chi connectivity index (χ1) is 10.7. The highest BCUT2D eigenvalue weighted by Crippen LogP contribution is 2.24. The molecule has 3 aromatic rings. The van der Waals surface area contributed by atoms with E-state index in [0.29, 0.717) is 17.0 Å². The van der Waals surface area contributed by atoms with E-state index in [4.69, 9.17) is 5.11 Å². The van der Waals surface area contributed by atoms with Crippen LogP contribution in [-0.2, 0) is 22.6 Å². The van der Waals surface area contributed by atoms with Crippen LogP contribution in [0.2, 0.25) is 0 Å². The van der Waals surface area contributed by atoms with Crippen LogP contribution >= 0.6 is 0 Å². The second-order valence-corrected chi connectivity index (χ2v) is 6.11. The zero-order valence-electron chi connectivity index (χ0n) is 11.7. The van der Waals surface area contributed by atoms with E-state index < -0.39 is 17.3 Å². The van der Waals surface area contributed by atoms with E-state index in [1.807, 2.05) is 42.5 Å². The average Bonchev–Trinajstić information content (AvgIpc) is 2.92. The van der Waals surface area contributed by atoms with E-state index in [0.717, 1.165) is 10.9 Å². The van der Waals surface area contributed by atoms with Gasteiger partial charge in [0.1, 0.15) is 16.9 Å². The van der Waals surface area contributed by atoms with Gasteiger partial charge in [0.2, 0.25) is 0 Å². The first-order valence-electron chi connectivity index (χ1n) is 6.82. The number of hydrogen-bond acceptors (Lipinski definition) is 3. The third kappa shape index (κ3) is 2.84. The van der Waals surface area contributed by atoms with Gasteiger partial charge >= 0.3 is 5.97 Å². The standard InChI is InChI=1S/C16H14N2O3S/c19-16(20)11-10-14-13-8-4-5-9-15(13)18(17-14)22(21)12-6-2-1-3-7-12/h1-9H,10-11H2,(H,19,20). The summed E-state index contributed by atoms with van der Waals surface area (Å²) in [7, 11) is 0. The second kappa shape index (κ2) is 6.21. The summed E-state index contributed by atoms with van der Waals surface area (Å²) >= 11 is -1.46. The Morgan fingerprint density at radius 1 is 1.14 bits per heavy atom. The Labute approximate surface area is 130 Å². The second-order valence-electron chi connectivity index (χ2n) is 4.79. The molecule has 0 aliphatic carbocycles. The van der Waals surface area contributed by atoms with E-state index in [1.165, 1.54) is 4.09 Å². The SMILES string of the molecule is O=C(O)CCc1nn([S+]([O-])c2ccccc2)c2ccccc12. The summed E-state index contributed by atoms with van der Waals surface area (Å²) in [6.07, 6.45) is 0.313. The number of carbonyl (C=O) groups is 1.